The highest BCUT2D eigenvalue weighted by atomic mass is 35.5. The number of carbonyl (C=O) groups is 1. The number of anilines is 1. The Labute approximate surface area is 149 Å². The number of carbonyl (C=O) groups excluding carboxylic acids is 1. The van der Waals surface area contributed by atoms with Crippen molar-refractivity contribution in [3.05, 3.63) is 58.1 Å². The van der Waals surface area contributed by atoms with Crippen molar-refractivity contribution in [3.63, 3.8) is 0 Å². The zero-order valence-electron chi connectivity index (χ0n) is 14.7. The predicted molar refractivity (Wildman–Crippen MR) is 100 cm³/mol. The predicted octanol–water partition coefficient (Wildman–Crippen LogP) is 5.35. The van der Waals surface area contributed by atoms with E-state index in [1.807, 2.05) is 43.3 Å². The molecule has 0 aliphatic heterocycles. The lowest BCUT2D eigenvalue weighted by Crippen LogP contribution is -2.21. The largest absolute Gasteiger partial charge is 0.483 e. The van der Waals surface area contributed by atoms with Crippen molar-refractivity contribution in [2.45, 2.75) is 40.0 Å². The second kappa shape index (κ2) is 8.20. The maximum Gasteiger partial charge on any atom is 0.262 e. The van der Waals surface area contributed by atoms with Gasteiger partial charge in [-0.1, -0.05) is 50.6 Å². The molecule has 0 fully saturated rings. The molecule has 0 atom stereocenters. The van der Waals surface area contributed by atoms with Gasteiger partial charge in [-0.15, -0.1) is 0 Å². The van der Waals surface area contributed by atoms with Crippen LogP contribution in [0, 0.1) is 6.92 Å². The van der Waals surface area contributed by atoms with E-state index in [-0.39, 0.29) is 18.4 Å². The fourth-order valence-corrected chi connectivity index (χ4v) is 2.70. The second-order valence-electron chi connectivity index (χ2n) is 6.14. The normalized spacial score (nSPS) is 10.8. The summed E-state index contributed by atoms with van der Waals surface area (Å²) in [4.78, 5) is 12.2. The van der Waals surface area contributed by atoms with Gasteiger partial charge in [-0.2, -0.15) is 0 Å². The van der Waals surface area contributed by atoms with Crippen molar-refractivity contribution in [2.75, 3.05) is 11.9 Å². The van der Waals surface area contributed by atoms with E-state index in [1.54, 1.807) is 0 Å². The van der Waals surface area contributed by atoms with Gasteiger partial charge in [0, 0.05) is 10.7 Å². The second-order valence-corrected chi connectivity index (χ2v) is 6.55. The van der Waals surface area contributed by atoms with Gasteiger partial charge in [0.2, 0.25) is 0 Å². The Kier molecular flexibility index (Phi) is 6.27. The number of aryl methyl sites for hydroxylation is 2. The zero-order valence-corrected chi connectivity index (χ0v) is 15.4. The first-order valence-electron chi connectivity index (χ1n) is 8.23. The van der Waals surface area contributed by atoms with Crippen LogP contribution >= 0.6 is 11.6 Å². The summed E-state index contributed by atoms with van der Waals surface area (Å²) < 4.78 is 5.77. The Bertz CT molecular complexity index is 726. The highest BCUT2D eigenvalue weighted by molar-refractivity contribution is 6.31. The summed E-state index contributed by atoms with van der Waals surface area (Å²) in [6.45, 7) is 8.11. The van der Waals surface area contributed by atoms with Gasteiger partial charge in [0.25, 0.3) is 5.91 Å². The van der Waals surface area contributed by atoms with E-state index in [2.05, 4.69) is 26.1 Å². The molecular formula is C20H24ClNO2. The average Bonchev–Trinajstić information content (AvgIpc) is 2.55. The first kappa shape index (κ1) is 18.3. The maximum atomic E-state index is 12.2. The Morgan fingerprint density at radius 3 is 2.62 bits per heavy atom. The summed E-state index contributed by atoms with van der Waals surface area (Å²) in [5, 5.41) is 3.63. The molecule has 2 rings (SSSR count). The molecule has 1 N–H and O–H groups in total. The van der Waals surface area contributed by atoms with Gasteiger partial charge in [0.15, 0.2) is 6.61 Å². The van der Waals surface area contributed by atoms with Crippen LogP contribution in [-0.4, -0.2) is 12.5 Å². The molecule has 0 saturated heterocycles. The topological polar surface area (TPSA) is 38.3 Å². The molecule has 0 aliphatic carbocycles. The highest BCUT2D eigenvalue weighted by Crippen LogP contribution is 2.32. The number of halogens is 1. The van der Waals surface area contributed by atoms with E-state index in [9.17, 15) is 4.79 Å². The van der Waals surface area contributed by atoms with Gasteiger partial charge in [0.05, 0.1) is 0 Å². The smallest absolute Gasteiger partial charge is 0.262 e. The summed E-state index contributed by atoms with van der Waals surface area (Å²) in [7, 11) is 0. The van der Waals surface area contributed by atoms with E-state index >= 15 is 0 Å². The molecule has 0 saturated carbocycles. The van der Waals surface area contributed by atoms with E-state index < -0.39 is 0 Å². The average molecular weight is 346 g/mol. The molecule has 0 heterocycles. The lowest BCUT2D eigenvalue weighted by molar-refractivity contribution is -0.118. The molecule has 0 bridgehead atoms. The summed E-state index contributed by atoms with van der Waals surface area (Å²) in [5.41, 5.74) is 3.89. The number of benzene rings is 2. The fourth-order valence-electron chi connectivity index (χ4n) is 2.53. The maximum absolute atomic E-state index is 12.2. The number of rotatable bonds is 6. The molecule has 0 spiro atoms. The first-order chi connectivity index (χ1) is 11.4. The van der Waals surface area contributed by atoms with Crippen LogP contribution in [0.3, 0.4) is 0 Å². The molecule has 0 aliphatic rings. The molecule has 0 radical (unpaired) electrons. The van der Waals surface area contributed by atoms with Crippen LogP contribution in [0.15, 0.2) is 36.4 Å². The Morgan fingerprint density at radius 1 is 1.25 bits per heavy atom. The number of ether oxygens (including phenoxy) is 1. The van der Waals surface area contributed by atoms with Crippen molar-refractivity contribution in [2.24, 2.45) is 0 Å². The highest BCUT2D eigenvalue weighted by Gasteiger charge is 2.13. The molecule has 4 heteroatoms. The molecule has 1 amide bonds. The minimum absolute atomic E-state index is 0.0289. The van der Waals surface area contributed by atoms with Crippen LogP contribution in [0.2, 0.25) is 5.02 Å². The Hall–Kier alpha value is -2.00. The van der Waals surface area contributed by atoms with Gasteiger partial charge in [-0.3, -0.25) is 4.79 Å². The minimum atomic E-state index is -0.168. The van der Waals surface area contributed by atoms with Crippen molar-refractivity contribution in [3.8, 4) is 5.75 Å². The van der Waals surface area contributed by atoms with Gasteiger partial charge in [-0.05, 0) is 54.2 Å². The summed E-state index contributed by atoms with van der Waals surface area (Å²) in [6.07, 6.45) is 0.866. The quantitative estimate of drug-likeness (QED) is 0.766. The van der Waals surface area contributed by atoms with Gasteiger partial charge < -0.3 is 10.1 Å². The Morgan fingerprint density at radius 2 is 1.96 bits per heavy atom. The SMILES string of the molecule is CCc1ccccc1NC(=O)COc1cc(C)c(Cl)cc1C(C)C. The molecular weight excluding hydrogens is 322 g/mol. The lowest BCUT2D eigenvalue weighted by atomic mass is 10.0. The van der Waals surface area contributed by atoms with Crippen LogP contribution in [0.25, 0.3) is 0 Å². The van der Waals surface area contributed by atoms with Crippen LogP contribution in [0.1, 0.15) is 43.4 Å². The lowest BCUT2D eigenvalue weighted by Gasteiger charge is -2.16. The third-order valence-electron chi connectivity index (χ3n) is 3.94. The van der Waals surface area contributed by atoms with Gasteiger partial charge in [-0.25, -0.2) is 0 Å². The summed E-state index contributed by atoms with van der Waals surface area (Å²) in [6, 6.07) is 11.6. The van der Waals surface area contributed by atoms with Gasteiger partial charge >= 0.3 is 0 Å². The van der Waals surface area contributed by atoms with Crippen LogP contribution < -0.4 is 10.1 Å². The van der Waals surface area contributed by atoms with E-state index in [4.69, 9.17) is 16.3 Å². The zero-order chi connectivity index (χ0) is 17.7. The van der Waals surface area contributed by atoms with Crippen molar-refractivity contribution in [1.82, 2.24) is 0 Å². The number of nitrogens with one attached hydrogen (secondary N) is 1. The molecule has 2 aromatic carbocycles. The van der Waals surface area contributed by atoms with E-state index in [1.165, 1.54) is 0 Å². The number of para-hydroxylation sites is 1. The standard InChI is InChI=1S/C20H24ClNO2/c1-5-15-8-6-7-9-18(15)22-20(23)12-24-19-10-14(4)17(21)11-16(19)13(2)3/h6-11,13H,5,12H2,1-4H3,(H,22,23). The Balaban J connectivity index is 2.08. The van der Waals surface area contributed by atoms with Crippen molar-refractivity contribution in [1.29, 1.82) is 0 Å². The minimum Gasteiger partial charge on any atom is -0.483 e. The number of hydrogen-bond acceptors (Lipinski definition) is 2. The van der Waals surface area contributed by atoms with Gasteiger partial charge in [0.1, 0.15) is 5.75 Å². The first-order valence-corrected chi connectivity index (χ1v) is 8.60. The molecule has 2 aromatic rings. The molecule has 24 heavy (non-hydrogen) atoms. The third-order valence-corrected chi connectivity index (χ3v) is 4.35. The monoisotopic (exact) mass is 345 g/mol. The summed E-state index contributed by atoms with van der Waals surface area (Å²) >= 11 is 6.20. The van der Waals surface area contributed by atoms with Crippen LogP contribution in [0.4, 0.5) is 5.69 Å². The molecule has 3 nitrogen and oxygen atoms in total. The number of amides is 1. The number of hydrogen-bond donors (Lipinski definition) is 1. The molecule has 128 valence electrons. The fraction of sp³-hybridized carbons (Fsp3) is 0.350. The third kappa shape index (κ3) is 4.51. The molecule has 0 aromatic heterocycles. The van der Waals surface area contributed by atoms with E-state index in [0.29, 0.717) is 10.8 Å². The summed E-state index contributed by atoms with van der Waals surface area (Å²) in [5.74, 6) is 0.811. The van der Waals surface area contributed by atoms with Crippen molar-refractivity contribution < 1.29 is 9.53 Å². The van der Waals surface area contributed by atoms with E-state index in [0.717, 1.165) is 28.8 Å². The van der Waals surface area contributed by atoms with Crippen LogP contribution in [-0.2, 0) is 11.2 Å². The molecule has 0 unspecified atom stereocenters. The van der Waals surface area contributed by atoms with Crippen LogP contribution in [0.5, 0.6) is 5.75 Å². The van der Waals surface area contributed by atoms with Crippen molar-refractivity contribution >= 4 is 23.2 Å².